The second-order valence-corrected chi connectivity index (χ2v) is 5.40. The van der Waals surface area contributed by atoms with Crippen molar-refractivity contribution < 1.29 is 18.3 Å². The maximum absolute atomic E-state index is 12.6. The molecule has 1 aromatic rings. The average molecular weight is 287 g/mol. The molecule has 0 saturated heterocycles. The molecule has 1 saturated carbocycles. The van der Waals surface area contributed by atoms with E-state index in [4.69, 9.17) is 0 Å². The van der Waals surface area contributed by atoms with Gasteiger partial charge in [0.25, 0.3) is 0 Å². The molecule has 0 spiro atoms. The number of rotatable bonds is 4. The molecule has 2 N–H and O–H groups in total. The molecule has 1 atom stereocenters. The van der Waals surface area contributed by atoms with Crippen LogP contribution in [0, 0.1) is 5.92 Å². The van der Waals surface area contributed by atoms with Gasteiger partial charge in [-0.2, -0.15) is 13.2 Å². The van der Waals surface area contributed by atoms with E-state index in [9.17, 15) is 18.3 Å². The van der Waals surface area contributed by atoms with Gasteiger partial charge in [-0.3, -0.25) is 0 Å². The van der Waals surface area contributed by atoms with Crippen molar-refractivity contribution in [3.8, 4) is 0 Å². The van der Waals surface area contributed by atoms with Gasteiger partial charge in [-0.15, -0.1) is 0 Å². The third-order valence-electron chi connectivity index (χ3n) is 4.01. The van der Waals surface area contributed by atoms with Crippen LogP contribution < -0.4 is 5.32 Å². The minimum atomic E-state index is -4.07. The van der Waals surface area contributed by atoms with Crippen LogP contribution in [0.3, 0.4) is 0 Å². The maximum atomic E-state index is 12.6. The summed E-state index contributed by atoms with van der Waals surface area (Å²) < 4.78 is 37.8. The largest absolute Gasteiger partial charge is 0.394 e. The van der Waals surface area contributed by atoms with Crippen LogP contribution in [-0.2, 0) is 0 Å². The molecule has 0 aliphatic heterocycles. The van der Waals surface area contributed by atoms with E-state index in [1.165, 1.54) is 0 Å². The van der Waals surface area contributed by atoms with Gasteiger partial charge >= 0.3 is 6.18 Å². The molecule has 0 bridgehead atoms. The van der Waals surface area contributed by atoms with Crippen LogP contribution in [0.5, 0.6) is 0 Å². The third kappa shape index (κ3) is 3.96. The van der Waals surface area contributed by atoms with Crippen molar-refractivity contribution in [3.05, 3.63) is 35.9 Å². The molecule has 0 aromatic heterocycles. The molecular formula is C15H20F3NO. The lowest BCUT2D eigenvalue weighted by Gasteiger charge is -2.32. The van der Waals surface area contributed by atoms with Gasteiger partial charge in [0, 0.05) is 6.04 Å². The van der Waals surface area contributed by atoms with E-state index in [-0.39, 0.29) is 31.5 Å². The van der Waals surface area contributed by atoms with E-state index in [2.05, 4.69) is 5.32 Å². The first kappa shape index (κ1) is 15.3. The smallest absolute Gasteiger partial charge is 0.391 e. The van der Waals surface area contributed by atoms with Crippen LogP contribution in [0.2, 0.25) is 0 Å². The Bertz CT molecular complexity index is 399. The number of aliphatic hydroxyl groups excluding tert-OH is 1. The molecule has 2 rings (SSSR count). The Kier molecular flexibility index (Phi) is 5.05. The van der Waals surface area contributed by atoms with Crippen molar-refractivity contribution in [3.63, 3.8) is 0 Å². The molecule has 20 heavy (non-hydrogen) atoms. The summed E-state index contributed by atoms with van der Waals surface area (Å²) in [6.45, 7) is -0.0524. The molecule has 112 valence electrons. The number of nitrogens with one attached hydrogen (secondary N) is 1. The summed E-state index contributed by atoms with van der Waals surface area (Å²) in [4.78, 5) is 0. The summed E-state index contributed by atoms with van der Waals surface area (Å²) in [6.07, 6.45) is -2.70. The Labute approximate surface area is 117 Å². The number of alkyl halides is 3. The van der Waals surface area contributed by atoms with E-state index in [1.54, 1.807) is 0 Å². The van der Waals surface area contributed by atoms with Crippen molar-refractivity contribution in [2.45, 2.75) is 43.9 Å². The number of benzene rings is 1. The van der Waals surface area contributed by atoms with Gasteiger partial charge < -0.3 is 10.4 Å². The van der Waals surface area contributed by atoms with Crippen LogP contribution in [-0.4, -0.2) is 23.9 Å². The van der Waals surface area contributed by atoms with E-state index < -0.39 is 12.1 Å². The first-order valence-electron chi connectivity index (χ1n) is 6.99. The highest BCUT2D eigenvalue weighted by atomic mass is 19.4. The Morgan fingerprint density at radius 1 is 1.10 bits per heavy atom. The van der Waals surface area contributed by atoms with E-state index >= 15 is 0 Å². The lowest BCUT2D eigenvalue weighted by atomic mass is 9.85. The fourth-order valence-corrected chi connectivity index (χ4v) is 2.81. The molecule has 1 aliphatic carbocycles. The molecule has 1 fully saturated rings. The summed E-state index contributed by atoms with van der Waals surface area (Å²) in [5, 5.41) is 12.7. The zero-order chi connectivity index (χ0) is 14.6. The zero-order valence-corrected chi connectivity index (χ0v) is 11.2. The minimum absolute atomic E-state index is 0.0472. The topological polar surface area (TPSA) is 32.3 Å². The van der Waals surface area contributed by atoms with Crippen molar-refractivity contribution in [1.82, 2.24) is 5.32 Å². The van der Waals surface area contributed by atoms with Crippen molar-refractivity contribution in [1.29, 1.82) is 0 Å². The lowest BCUT2D eigenvalue weighted by molar-refractivity contribution is -0.182. The fraction of sp³-hybridized carbons (Fsp3) is 0.600. The number of aliphatic hydroxyl groups is 1. The van der Waals surface area contributed by atoms with Gasteiger partial charge in [-0.1, -0.05) is 30.3 Å². The van der Waals surface area contributed by atoms with Crippen LogP contribution in [0.4, 0.5) is 13.2 Å². The highest BCUT2D eigenvalue weighted by molar-refractivity contribution is 5.19. The van der Waals surface area contributed by atoms with Gasteiger partial charge in [0.15, 0.2) is 0 Å². The predicted octanol–water partition coefficient (Wildman–Crippen LogP) is 3.43. The molecule has 1 aliphatic rings. The predicted molar refractivity (Wildman–Crippen MR) is 71.2 cm³/mol. The SMILES string of the molecule is OCC(NC1CCC(C(F)(F)F)CC1)c1ccccc1. The van der Waals surface area contributed by atoms with Gasteiger partial charge in [-0.05, 0) is 31.2 Å². The average Bonchev–Trinajstić information content (AvgIpc) is 2.45. The summed E-state index contributed by atoms with van der Waals surface area (Å²) >= 11 is 0. The monoisotopic (exact) mass is 287 g/mol. The summed E-state index contributed by atoms with van der Waals surface area (Å²) in [6, 6.07) is 9.34. The number of halogens is 3. The van der Waals surface area contributed by atoms with E-state index in [1.807, 2.05) is 30.3 Å². The first-order chi connectivity index (χ1) is 9.50. The maximum Gasteiger partial charge on any atom is 0.391 e. The molecular weight excluding hydrogens is 267 g/mol. The van der Waals surface area contributed by atoms with Crippen molar-refractivity contribution in [2.75, 3.05) is 6.61 Å². The quantitative estimate of drug-likeness (QED) is 0.889. The Balaban J connectivity index is 1.88. The van der Waals surface area contributed by atoms with Gasteiger partial charge in [0.2, 0.25) is 0 Å². The van der Waals surface area contributed by atoms with E-state index in [0.717, 1.165) is 5.56 Å². The van der Waals surface area contributed by atoms with Crippen LogP contribution >= 0.6 is 0 Å². The zero-order valence-electron chi connectivity index (χ0n) is 11.2. The van der Waals surface area contributed by atoms with Gasteiger partial charge in [0.1, 0.15) is 0 Å². The van der Waals surface area contributed by atoms with Crippen LogP contribution in [0.15, 0.2) is 30.3 Å². The standard InChI is InChI=1S/C15H20F3NO/c16-15(17,18)12-6-8-13(9-7-12)19-14(10-20)11-4-2-1-3-5-11/h1-5,12-14,19-20H,6-10H2. The van der Waals surface area contributed by atoms with Crippen molar-refractivity contribution >= 4 is 0 Å². The van der Waals surface area contributed by atoms with E-state index in [0.29, 0.717) is 12.8 Å². The molecule has 0 heterocycles. The van der Waals surface area contributed by atoms with Crippen molar-refractivity contribution in [2.24, 2.45) is 5.92 Å². The minimum Gasteiger partial charge on any atom is -0.394 e. The number of hydrogen-bond acceptors (Lipinski definition) is 2. The molecule has 5 heteroatoms. The second-order valence-electron chi connectivity index (χ2n) is 5.40. The lowest BCUT2D eigenvalue weighted by Crippen LogP contribution is -2.39. The molecule has 2 nitrogen and oxygen atoms in total. The summed E-state index contributed by atoms with van der Waals surface area (Å²) in [5.41, 5.74) is 0.966. The molecule has 1 aromatic carbocycles. The third-order valence-corrected chi connectivity index (χ3v) is 4.01. The Hall–Kier alpha value is -1.07. The second kappa shape index (κ2) is 6.59. The summed E-state index contributed by atoms with van der Waals surface area (Å²) in [5.74, 6) is -1.16. The van der Waals surface area contributed by atoms with Gasteiger partial charge in [-0.25, -0.2) is 0 Å². The van der Waals surface area contributed by atoms with Crippen LogP contribution in [0.25, 0.3) is 0 Å². The fourth-order valence-electron chi connectivity index (χ4n) is 2.81. The number of hydrogen-bond donors (Lipinski definition) is 2. The van der Waals surface area contributed by atoms with Gasteiger partial charge in [0.05, 0.1) is 18.6 Å². The normalized spacial score (nSPS) is 25.4. The molecule has 0 amide bonds. The highest BCUT2D eigenvalue weighted by Crippen LogP contribution is 2.37. The molecule has 0 radical (unpaired) electrons. The molecule has 1 unspecified atom stereocenters. The van der Waals surface area contributed by atoms with Crippen LogP contribution in [0.1, 0.15) is 37.3 Å². The first-order valence-corrected chi connectivity index (χ1v) is 6.99. The Morgan fingerprint density at radius 2 is 1.70 bits per heavy atom. The summed E-state index contributed by atoms with van der Waals surface area (Å²) in [7, 11) is 0. The Morgan fingerprint density at radius 3 is 2.20 bits per heavy atom. The highest BCUT2D eigenvalue weighted by Gasteiger charge is 2.41.